The molecule has 0 unspecified atom stereocenters. The van der Waals surface area contributed by atoms with Crippen LogP contribution in [0.1, 0.15) is 10.5 Å². The van der Waals surface area contributed by atoms with Crippen molar-refractivity contribution in [2.24, 2.45) is 0 Å². The second-order valence-electron chi connectivity index (χ2n) is 8.75. The van der Waals surface area contributed by atoms with Crippen molar-refractivity contribution in [3.63, 3.8) is 0 Å². The molecule has 42 heavy (non-hydrogen) atoms. The van der Waals surface area contributed by atoms with E-state index in [2.05, 4.69) is 0 Å². The number of benzene rings is 3. The predicted octanol–water partition coefficient (Wildman–Crippen LogP) is 4.51. The summed E-state index contributed by atoms with van der Waals surface area (Å²) >= 11 is 0. The fourth-order valence-electron chi connectivity index (χ4n) is 4.59. The van der Waals surface area contributed by atoms with Gasteiger partial charge in [-0.1, -0.05) is 0 Å². The van der Waals surface area contributed by atoms with Gasteiger partial charge < -0.3 is 38.9 Å². The van der Waals surface area contributed by atoms with Crippen molar-refractivity contribution in [2.75, 3.05) is 61.6 Å². The molecule has 0 fully saturated rings. The monoisotopic (exact) mass is 600 g/mol. The number of methoxy groups -OCH3 is 6. The van der Waals surface area contributed by atoms with Gasteiger partial charge in [0, 0.05) is 29.4 Å². The zero-order valence-electron chi connectivity index (χ0n) is 24.1. The van der Waals surface area contributed by atoms with Gasteiger partial charge in [0.15, 0.2) is 23.0 Å². The molecule has 0 spiro atoms. The van der Waals surface area contributed by atoms with Gasteiger partial charge in [0.1, 0.15) is 12.3 Å². The Hall–Kier alpha value is -4.61. The molecule has 3 aromatic carbocycles. The zero-order valence-corrected chi connectivity index (χ0v) is 25.0. The Morgan fingerprint density at radius 1 is 0.762 bits per heavy atom. The van der Waals surface area contributed by atoms with Crippen molar-refractivity contribution < 1.29 is 38.0 Å². The lowest BCUT2D eigenvalue weighted by molar-refractivity contribution is 0.0591. The van der Waals surface area contributed by atoms with Gasteiger partial charge >= 0.3 is 5.97 Å². The van der Waals surface area contributed by atoms with E-state index in [1.807, 2.05) is 0 Å². The number of carbonyl (C=O) groups excluding carboxylic acids is 1. The molecule has 0 atom stereocenters. The third kappa shape index (κ3) is 5.88. The third-order valence-electron chi connectivity index (χ3n) is 6.50. The first kappa shape index (κ1) is 31.9. The number of nitrogen functional groups attached to an aromatic ring is 1. The number of nitrogens with zero attached hydrogens (tertiary/aromatic N) is 1. The SMILES string of the molecule is COCCOc1cc2c(-c3cc(OC)c(OC)c(OC)c3)c(C(=O)OC)n(-c3ccc(N)cc3)c(=O)c2cc1OC.Cl. The summed E-state index contributed by atoms with van der Waals surface area (Å²) in [4.78, 5) is 27.7. The fourth-order valence-corrected chi connectivity index (χ4v) is 4.59. The first-order valence-corrected chi connectivity index (χ1v) is 12.5. The standard InChI is InChI=1S/C30H32N2O9.ClH/c1-35-11-12-41-23-15-20-21(16-22(23)36-2)29(33)32(19-9-7-18(31)8-10-19)27(30(34)40-6)26(20)17-13-24(37-3)28(39-5)25(14-17)38-4;/h7-10,13-16H,11-12,31H2,1-6H3;1H. The topological polar surface area (TPSA) is 130 Å². The van der Waals surface area contributed by atoms with Gasteiger partial charge in [-0.25, -0.2) is 4.79 Å². The van der Waals surface area contributed by atoms with Gasteiger partial charge in [0.2, 0.25) is 5.75 Å². The van der Waals surface area contributed by atoms with Crippen LogP contribution in [0.4, 0.5) is 5.69 Å². The maximum absolute atomic E-state index is 14.2. The summed E-state index contributed by atoms with van der Waals surface area (Å²) in [6.45, 7) is 0.553. The molecule has 1 heterocycles. The molecular weight excluding hydrogens is 568 g/mol. The van der Waals surface area contributed by atoms with Crippen LogP contribution in [0.2, 0.25) is 0 Å². The molecule has 0 radical (unpaired) electrons. The summed E-state index contributed by atoms with van der Waals surface area (Å²) in [5.74, 6) is 0.992. The molecular formula is C30H33ClN2O9. The van der Waals surface area contributed by atoms with Crippen molar-refractivity contribution in [1.29, 1.82) is 0 Å². The molecule has 0 bridgehead atoms. The summed E-state index contributed by atoms with van der Waals surface area (Å²) in [6, 6.07) is 13.2. The quantitative estimate of drug-likeness (QED) is 0.149. The van der Waals surface area contributed by atoms with Gasteiger partial charge in [0.05, 0.1) is 47.5 Å². The minimum atomic E-state index is -0.748. The van der Waals surface area contributed by atoms with E-state index in [0.717, 1.165) is 0 Å². The Morgan fingerprint density at radius 2 is 1.36 bits per heavy atom. The number of hydrogen-bond acceptors (Lipinski definition) is 10. The molecule has 0 saturated carbocycles. The zero-order chi connectivity index (χ0) is 29.7. The van der Waals surface area contributed by atoms with E-state index in [0.29, 0.717) is 63.2 Å². The van der Waals surface area contributed by atoms with Crippen LogP contribution in [0.3, 0.4) is 0 Å². The number of anilines is 1. The number of halogens is 1. The number of nitrogens with two attached hydrogens (primary N) is 1. The van der Waals surface area contributed by atoms with Crippen molar-refractivity contribution >= 4 is 34.8 Å². The third-order valence-corrected chi connectivity index (χ3v) is 6.50. The van der Waals surface area contributed by atoms with E-state index in [1.165, 1.54) is 40.1 Å². The Bertz CT molecular complexity index is 1610. The summed E-state index contributed by atoms with van der Waals surface area (Å²) in [6.07, 6.45) is 0. The molecule has 224 valence electrons. The number of fused-ring (bicyclic) bond motifs is 1. The molecule has 0 aliphatic carbocycles. The highest BCUT2D eigenvalue weighted by Gasteiger charge is 2.28. The number of rotatable bonds is 11. The van der Waals surface area contributed by atoms with Crippen LogP contribution in [0.15, 0.2) is 53.3 Å². The molecule has 0 aliphatic rings. The molecule has 0 amide bonds. The second kappa shape index (κ2) is 13.8. The number of aromatic nitrogens is 1. The fraction of sp³-hybridized carbons (Fsp3) is 0.267. The van der Waals surface area contributed by atoms with E-state index in [1.54, 1.807) is 55.6 Å². The highest BCUT2D eigenvalue weighted by atomic mass is 35.5. The molecule has 11 nitrogen and oxygen atoms in total. The van der Waals surface area contributed by atoms with E-state index in [9.17, 15) is 9.59 Å². The molecule has 0 saturated heterocycles. The number of hydrogen-bond donors (Lipinski definition) is 1. The number of ether oxygens (including phenoxy) is 7. The molecule has 4 rings (SSSR count). The molecule has 12 heteroatoms. The van der Waals surface area contributed by atoms with Crippen LogP contribution in [0.25, 0.3) is 27.6 Å². The first-order chi connectivity index (χ1) is 19.8. The highest BCUT2D eigenvalue weighted by Crippen LogP contribution is 2.45. The Morgan fingerprint density at radius 3 is 1.88 bits per heavy atom. The maximum Gasteiger partial charge on any atom is 0.355 e. The largest absolute Gasteiger partial charge is 0.493 e. The van der Waals surface area contributed by atoms with Crippen molar-refractivity contribution in [3.05, 3.63) is 64.6 Å². The van der Waals surface area contributed by atoms with Crippen molar-refractivity contribution in [1.82, 2.24) is 4.57 Å². The van der Waals surface area contributed by atoms with Gasteiger partial charge in [-0.2, -0.15) is 0 Å². The molecule has 1 aromatic heterocycles. The minimum Gasteiger partial charge on any atom is -0.493 e. The van der Waals surface area contributed by atoms with Gasteiger partial charge in [-0.3, -0.25) is 9.36 Å². The highest BCUT2D eigenvalue weighted by molar-refractivity contribution is 6.08. The van der Waals surface area contributed by atoms with Crippen LogP contribution in [0, 0.1) is 0 Å². The van der Waals surface area contributed by atoms with Gasteiger partial charge in [0.25, 0.3) is 5.56 Å². The number of esters is 1. The molecule has 4 aromatic rings. The van der Waals surface area contributed by atoms with Crippen molar-refractivity contribution in [3.8, 4) is 45.6 Å². The lowest BCUT2D eigenvalue weighted by atomic mass is 9.95. The number of carbonyl (C=O) groups is 1. The average molecular weight is 601 g/mol. The smallest absolute Gasteiger partial charge is 0.355 e. The maximum atomic E-state index is 14.2. The predicted molar refractivity (Wildman–Crippen MR) is 162 cm³/mol. The van der Waals surface area contributed by atoms with Gasteiger partial charge in [-0.15, -0.1) is 12.4 Å². The van der Waals surface area contributed by atoms with Crippen LogP contribution >= 0.6 is 12.4 Å². The van der Waals surface area contributed by atoms with Crippen LogP contribution in [-0.4, -0.2) is 66.4 Å². The normalized spacial score (nSPS) is 10.5. The Balaban J connectivity index is 0.00000484. The lowest BCUT2D eigenvalue weighted by Crippen LogP contribution is -2.27. The van der Waals surface area contributed by atoms with E-state index < -0.39 is 11.5 Å². The molecule has 2 N–H and O–H groups in total. The summed E-state index contributed by atoms with van der Waals surface area (Å²) in [5.41, 5.74) is 7.15. The second-order valence-corrected chi connectivity index (χ2v) is 8.75. The van der Waals surface area contributed by atoms with E-state index in [-0.39, 0.29) is 30.1 Å². The van der Waals surface area contributed by atoms with E-state index in [4.69, 9.17) is 38.9 Å². The summed E-state index contributed by atoms with van der Waals surface area (Å²) < 4.78 is 39.8. The van der Waals surface area contributed by atoms with Crippen molar-refractivity contribution in [2.45, 2.75) is 0 Å². The molecule has 0 aliphatic heterocycles. The van der Waals surface area contributed by atoms with Crippen LogP contribution < -0.4 is 35.0 Å². The van der Waals surface area contributed by atoms with E-state index >= 15 is 0 Å². The average Bonchev–Trinajstić information content (AvgIpc) is 3.00. The Labute approximate surface area is 249 Å². The number of pyridine rings is 1. The summed E-state index contributed by atoms with van der Waals surface area (Å²) in [5, 5.41) is 0.666. The van der Waals surface area contributed by atoms with Crippen LogP contribution in [-0.2, 0) is 9.47 Å². The summed E-state index contributed by atoms with van der Waals surface area (Å²) in [7, 11) is 8.76. The first-order valence-electron chi connectivity index (χ1n) is 12.5. The Kier molecular flexibility index (Phi) is 10.5. The van der Waals surface area contributed by atoms with Gasteiger partial charge in [-0.05, 0) is 54.1 Å². The lowest BCUT2D eigenvalue weighted by Gasteiger charge is -2.21. The van der Waals surface area contributed by atoms with Crippen LogP contribution in [0.5, 0.6) is 28.7 Å². The minimum absolute atomic E-state index is 0.